The lowest BCUT2D eigenvalue weighted by molar-refractivity contribution is -0.138. The van der Waals surface area contributed by atoms with Crippen molar-refractivity contribution in [3.63, 3.8) is 0 Å². The third-order valence-corrected chi connectivity index (χ3v) is 5.30. The first-order chi connectivity index (χ1) is 10.1. The van der Waals surface area contributed by atoms with E-state index in [1.54, 1.807) is 7.11 Å². The van der Waals surface area contributed by atoms with Crippen molar-refractivity contribution in [3.05, 3.63) is 35.9 Å². The second kappa shape index (κ2) is 7.85. The number of benzene rings is 1. The summed E-state index contributed by atoms with van der Waals surface area (Å²) in [6, 6.07) is 10.6. The van der Waals surface area contributed by atoms with Gasteiger partial charge >= 0.3 is 0 Å². The average Bonchev–Trinajstić information content (AvgIpc) is 2.52. The molecule has 0 radical (unpaired) electrons. The zero-order valence-electron chi connectivity index (χ0n) is 13.1. The zero-order chi connectivity index (χ0) is 15.2. The van der Waals surface area contributed by atoms with Crippen molar-refractivity contribution < 1.29 is 9.53 Å². The van der Waals surface area contributed by atoms with Crippen molar-refractivity contribution in [1.82, 2.24) is 4.90 Å². The van der Waals surface area contributed by atoms with Crippen LogP contribution in [0.15, 0.2) is 30.3 Å². The van der Waals surface area contributed by atoms with Gasteiger partial charge in [0.1, 0.15) is 0 Å². The van der Waals surface area contributed by atoms with Gasteiger partial charge in [-0.1, -0.05) is 44.2 Å². The standard InChI is InChI=1S/C17H25NO2S/c1-13(9-11-20-3)17(19)18-10-12-21-14(2)16(18)15-7-5-4-6-8-15/h4-8,13-14,16H,9-12H2,1-3H3. The second-order valence-electron chi connectivity index (χ2n) is 5.65. The molecule has 1 saturated heterocycles. The fourth-order valence-corrected chi connectivity index (χ4v) is 4.03. The summed E-state index contributed by atoms with van der Waals surface area (Å²) in [6.07, 6.45) is 0.787. The van der Waals surface area contributed by atoms with E-state index in [9.17, 15) is 4.79 Å². The molecule has 0 N–H and O–H groups in total. The predicted molar refractivity (Wildman–Crippen MR) is 88.5 cm³/mol. The van der Waals surface area contributed by atoms with Crippen molar-refractivity contribution in [2.45, 2.75) is 31.6 Å². The smallest absolute Gasteiger partial charge is 0.226 e. The molecule has 1 heterocycles. The molecule has 116 valence electrons. The van der Waals surface area contributed by atoms with Crippen LogP contribution in [0, 0.1) is 5.92 Å². The molecule has 1 amide bonds. The Morgan fingerprint density at radius 2 is 2.14 bits per heavy atom. The van der Waals surface area contributed by atoms with Crippen molar-refractivity contribution in [2.75, 3.05) is 26.0 Å². The summed E-state index contributed by atoms with van der Waals surface area (Å²) >= 11 is 1.95. The molecular weight excluding hydrogens is 282 g/mol. The van der Waals surface area contributed by atoms with Crippen molar-refractivity contribution >= 4 is 17.7 Å². The molecule has 4 heteroatoms. The second-order valence-corrected chi connectivity index (χ2v) is 7.13. The number of carbonyl (C=O) groups excluding carboxylic acids is 1. The Bertz CT molecular complexity index is 451. The van der Waals surface area contributed by atoms with Crippen molar-refractivity contribution in [1.29, 1.82) is 0 Å². The van der Waals surface area contributed by atoms with Crippen LogP contribution in [0.5, 0.6) is 0 Å². The maximum Gasteiger partial charge on any atom is 0.226 e. The molecule has 21 heavy (non-hydrogen) atoms. The van der Waals surface area contributed by atoms with Gasteiger partial charge in [-0.3, -0.25) is 4.79 Å². The highest BCUT2D eigenvalue weighted by Crippen LogP contribution is 2.36. The highest BCUT2D eigenvalue weighted by Gasteiger charge is 2.34. The lowest BCUT2D eigenvalue weighted by Crippen LogP contribution is -2.46. The lowest BCUT2D eigenvalue weighted by atomic mass is 9.99. The minimum absolute atomic E-state index is 0.0199. The molecule has 0 saturated carbocycles. The van der Waals surface area contributed by atoms with Gasteiger partial charge < -0.3 is 9.64 Å². The molecule has 1 aliphatic rings. The van der Waals surface area contributed by atoms with E-state index < -0.39 is 0 Å². The van der Waals surface area contributed by atoms with E-state index in [1.807, 2.05) is 24.8 Å². The molecule has 0 spiro atoms. The summed E-state index contributed by atoms with van der Waals surface area (Å²) < 4.78 is 5.11. The molecule has 1 aromatic carbocycles. The van der Waals surface area contributed by atoms with Gasteiger partial charge in [-0.25, -0.2) is 0 Å². The fraction of sp³-hybridized carbons (Fsp3) is 0.588. The number of ether oxygens (including phenoxy) is 1. The number of methoxy groups -OCH3 is 1. The van der Waals surface area contributed by atoms with Crippen LogP contribution in [0.3, 0.4) is 0 Å². The maximum atomic E-state index is 12.8. The largest absolute Gasteiger partial charge is 0.385 e. The van der Waals surface area contributed by atoms with Gasteiger partial charge in [0.2, 0.25) is 5.91 Å². The monoisotopic (exact) mass is 307 g/mol. The van der Waals surface area contributed by atoms with Gasteiger partial charge in [0.15, 0.2) is 0 Å². The summed E-state index contributed by atoms with van der Waals surface area (Å²) in [6.45, 7) is 5.71. The Morgan fingerprint density at radius 3 is 2.81 bits per heavy atom. The molecular formula is C17H25NO2S. The van der Waals surface area contributed by atoms with E-state index in [-0.39, 0.29) is 17.9 Å². The van der Waals surface area contributed by atoms with Crippen LogP contribution in [0.2, 0.25) is 0 Å². The Morgan fingerprint density at radius 1 is 1.43 bits per heavy atom. The molecule has 3 nitrogen and oxygen atoms in total. The average molecular weight is 307 g/mol. The Labute approximate surface area is 132 Å². The molecule has 3 atom stereocenters. The van der Waals surface area contributed by atoms with E-state index in [0.717, 1.165) is 18.7 Å². The number of amides is 1. The maximum absolute atomic E-state index is 12.8. The normalized spacial score (nSPS) is 23.9. The van der Waals surface area contributed by atoms with Crippen LogP contribution in [-0.4, -0.2) is 42.1 Å². The first kappa shape index (κ1) is 16.4. The highest BCUT2D eigenvalue weighted by atomic mass is 32.2. The summed E-state index contributed by atoms with van der Waals surface area (Å²) in [5.74, 6) is 1.30. The summed E-state index contributed by atoms with van der Waals surface area (Å²) in [7, 11) is 1.68. The number of hydrogen-bond donors (Lipinski definition) is 0. The first-order valence-electron chi connectivity index (χ1n) is 7.61. The number of nitrogens with zero attached hydrogens (tertiary/aromatic N) is 1. The third kappa shape index (κ3) is 4.01. The molecule has 2 rings (SSSR count). The SMILES string of the molecule is COCCC(C)C(=O)N1CCSC(C)C1c1ccccc1. The minimum Gasteiger partial charge on any atom is -0.385 e. The first-order valence-corrected chi connectivity index (χ1v) is 8.66. The Hall–Kier alpha value is -1.00. The number of hydrogen-bond acceptors (Lipinski definition) is 3. The minimum atomic E-state index is 0.0199. The quantitative estimate of drug-likeness (QED) is 0.835. The van der Waals surface area contributed by atoms with Crippen LogP contribution in [0.4, 0.5) is 0 Å². The fourth-order valence-electron chi connectivity index (χ4n) is 2.87. The predicted octanol–water partition coefficient (Wildman–Crippen LogP) is 3.36. The number of carbonyl (C=O) groups is 1. The van der Waals surface area contributed by atoms with E-state index in [0.29, 0.717) is 11.9 Å². The molecule has 0 aliphatic carbocycles. The van der Waals surface area contributed by atoms with Crippen LogP contribution in [-0.2, 0) is 9.53 Å². The molecule has 1 aromatic rings. The molecule has 1 fully saturated rings. The van der Waals surface area contributed by atoms with Gasteiger partial charge in [0.25, 0.3) is 0 Å². The van der Waals surface area contributed by atoms with Crippen LogP contribution >= 0.6 is 11.8 Å². The number of thioether (sulfide) groups is 1. The van der Waals surface area contributed by atoms with Crippen molar-refractivity contribution in [3.8, 4) is 0 Å². The van der Waals surface area contributed by atoms with Gasteiger partial charge in [-0.2, -0.15) is 11.8 Å². The molecule has 0 aromatic heterocycles. The van der Waals surface area contributed by atoms with Crippen molar-refractivity contribution in [2.24, 2.45) is 5.92 Å². The van der Waals surface area contributed by atoms with Crippen LogP contribution in [0.25, 0.3) is 0 Å². The third-order valence-electron chi connectivity index (χ3n) is 4.09. The molecule has 0 bridgehead atoms. The zero-order valence-corrected chi connectivity index (χ0v) is 13.9. The lowest BCUT2D eigenvalue weighted by Gasteiger charge is -2.41. The van der Waals surface area contributed by atoms with Gasteiger partial charge in [-0.15, -0.1) is 0 Å². The van der Waals surface area contributed by atoms with Gasteiger partial charge in [0, 0.05) is 37.2 Å². The highest BCUT2D eigenvalue weighted by molar-refractivity contribution is 8.00. The van der Waals surface area contributed by atoms with Crippen LogP contribution in [0.1, 0.15) is 31.9 Å². The molecule has 1 aliphatic heterocycles. The van der Waals surface area contributed by atoms with E-state index in [4.69, 9.17) is 4.74 Å². The Kier molecular flexibility index (Phi) is 6.12. The van der Waals surface area contributed by atoms with Gasteiger partial charge in [-0.05, 0) is 12.0 Å². The number of rotatable bonds is 5. The Balaban J connectivity index is 2.16. The van der Waals surface area contributed by atoms with E-state index in [1.165, 1.54) is 5.56 Å². The summed E-state index contributed by atoms with van der Waals surface area (Å²) in [5.41, 5.74) is 1.24. The topological polar surface area (TPSA) is 29.5 Å². The molecule has 3 unspecified atom stereocenters. The summed E-state index contributed by atoms with van der Waals surface area (Å²) in [4.78, 5) is 14.9. The van der Waals surface area contributed by atoms with Gasteiger partial charge in [0.05, 0.1) is 6.04 Å². The summed E-state index contributed by atoms with van der Waals surface area (Å²) in [5, 5.41) is 0.430. The van der Waals surface area contributed by atoms with E-state index in [2.05, 4.69) is 36.1 Å². The van der Waals surface area contributed by atoms with Crippen LogP contribution < -0.4 is 0 Å². The van der Waals surface area contributed by atoms with E-state index >= 15 is 0 Å².